The number of carbonyl (C=O) groups is 1. The molecule has 19 heavy (non-hydrogen) atoms. The second-order valence-electron chi connectivity index (χ2n) is 3.88. The van der Waals surface area contributed by atoms with Gasteiger partial charge in [-0.1, -0.05) is 0 Å². The van der Waals surface area contributed by atoms with Crippen molar-refractivity contribution < 1.29 is 27.1 Å². The number of ether oxygens (including phenoxy) is 1. The SMILES string of the molecule is O=Cc1cc(Cc2ccoc2)cc(OC(F)(F)F)c1. The molecule has 1 heterocycles. The van der Waals surface area contributed by atoms with Gasteiger partial charge in [0.25, 0.3) is 0 Å². The molecule has 1 aromatic heterocycles. The van der Waals surface area contributed by atoms with Crippen LogP contribution < -0.4 is 4.74 Å². The van der Waals surface area contributed by atoms with E-state index in [1.165, 1.54) is 24.7 Å². The first kappa shape index (κ1) is 13.2. The maximum Gasteiger partial charge on any atom is 0.573 e. The van der Waals surface area contributed by atoms with Gasteiger partial charge in [0.15, 0.2) is 0 Å². The molecule has 0 saturated heterocycles. The van der Waals surface area contributed by atoms with Crippen molar-refractivity contribution in [3.8, 4) is 5.75 Å². The molecule has 0 aliphatic carbocycles. The third-order valence-corrected chi connectivity index (χ3v) is 2.35. The van der Waals surface area contributed by atoms with Crippen LogP contribution >= 0.6 is 0 Å². The number of furan rings is 1. The van der Waals surface area contributed by atoms with Crippen molar-refractivity contribution in [1.29, 1.82) is 0 Å². The highest BCUT2D eigenvalue weighted by molar-refractivity contribution is 5.76. The summed E-state index contributed by atoms with van der Waals surface area (Å²) in [5.41, 5.74) is 1.45. The second kappa shape index (κ2) is 5.17. The molecule has 3 nitrogen and oxygen atoms in total. The van der Waals surface area contributed by atoms with Gasteiger partial charge in [-0.3, -0.25) is 4.79 Å². The van der Waals surface area contributed by atoms with Gasteiger partial charge in [0.05, 0.1) is 12.5 Å². The van der Waals surface area contributed by atoms with E-state index in [1.807, 2.05) is 0 Å². The molecule has 2 aromatic rings. The standard InChI is InChI=1S/C13H9F3O3/c14-13(15,16)19-12-5-10(4-11(6-12)7-17)3-9-1-2-18-8-9/h1-2,4-8H,3H2. The predicted molar refractivity (Wildman–Crippen MR) is 60.0 cm³/mol. The Morgan fingerprint density at radius 1 is 1.21 bits per heavy atom. The third kappa shape index (κ3) is 3.87. The number of hydrogen-bond acceptors (Lipinski definition) is 3. The van der Waals surface area contributed by atoms with Crippen LogP contribution in [-0.2, 0) is 6.42 Å². The Bertz CT molecular complexity index is 559. The molecular weight excluding hydrogens is 261 g/mol. The van der Waals surface area contributed by atoms with E-state index in [1.54, 1.807) is 6.07 Å². The summed E-state index contributed by atoms with van der Waals surface area (Å²) in [7, 11) is 0. The Kier molecular flexibility index (Phi) is 3.59. The van der Waals surface area contributed by atoms with E-state index >= 15 is 0 Å². The molecular formula is C13H9F3O3. The predicted octanol–water partition coefficient (Wildman–Crippen LogP) is 3.58. The smallest absolute Gasteiger partial charge is 0.472 e. The molecule has 0 N–H and O–H groups in total. The fourth-order valence-electron chi connectivity index (χ4n) is 1.68. The Morgan fingerprint density at radius 3 is 2.58 bits per heavy atom. The average Bonchev–Trinajstić information content (AvgIpc) is 2.79. The molecule has 2 rings (SSSR count). The highest BCUT2D eigenvalue weighted by Gasteiger charge is 2.31. The summed E-state index contributed by atoms with van der Waals surface area (Å²) < 4.78 is 45.2. The van der Waals surface area contributed by atoms with Crippen LogP contribution in [0.15, 0.2) is 41.2 Å². The summed E-state index contributed by atoms with van der Waals surface area (Å²) in [4.78, 5) is 10.7. The lowest BCUT2D eigenvalue weighted by Gasteiger charge is -2.10. The van der Waals surface area contributed by atoms with Gasteiger partial charge in [-0.15, -0.1) is 13.2 Å². The van der Waals surface area contributed by atoms with Crippen molar-refractivity contribution >= 4 is 6.29 Å². The zero-order valence-electron chi connectivity index (χ0n) is 9.61. The van der Waals surface area contributed by atoms with Gasteiger partial charge in [-0.2, -0.15) is 0 Å². The van der Waals surface area contributed by atoms with Gasteiger partial charge in [-0.05, 0) is 35.4 Å². The zero-order chi connectivity index (χ0) is 13.9. The number of rotatable bonds is 4. The fraction of sp³-hybridized carbons (Fsp3) is 0.154. The molecule has 0 bridgehead atoms. The van der Waals surface area contributed by atoms with Crippen LogP contribution in [0.5, 0.6) is 5.75 Å². The molecule has 100 valence electrons. The maximum atomic E-state index is 12.2. The third-order valence-electron chi connectivity index (χ3n) is 2.35. The zero-order valence-corrected chi connectivity index (χ0v) is 9.61. The van der Waals surface area contributed by atoms with Crippen LogP contribution in [0.2, 0.25) is 0 Å². The van der Waals surface area contributed by atoms with Crippen LogP contribution in [0, 0.1) is 0 Å². The highest BCUT2D eigenvalue weighted by Crippen LogP contribution is 2.25. The highest BCUT2D eigenvalue weighted by atomic mass is 19.4. The molecule has 6 heteroatoms. The average molecular weight is 270 g/mol. The van der Waals surface area contributed by atoms with Crippen molar-refractivity contribution in [3.63, 3.8) is 0 Å². The number of hydrogen-bond donors (Lipinski definition) is 0. The van der Waals surface area contributed by atoms with Gasteiger partial charge in [0.2, 0.25) is 0 Å². The van der Waals surface area contributed by atoms with Crippen molar-refractivity contribution in [1.82, 2.24) is 0 Å². The lowest BCUT2D eigenvalue weighted by molar-refractivity contribution is -0.274. The van der Waals surface area contributed by atoms with E-state index in [9.17, 15) is 18.0 Å². The van der Waals surface area contributed by atoms with Gasteiger partial charge in [0.1, 0.15) is 12.0 Å². The van der Waals surface area contributed by atoms with Crippen molar-refractivity contribution in [2.45, 2.75) is 12.8 Å². The molecule has 1 aromatic carbocycles. The summed E-state index contributed by atoms with van der Waals surface area (Å²) in [5, 5.41) is 0. The molecule has 0 fully saturated rings. The molecule has 0 unspecified atom stereocenters. The molecule has 0 aliphatic rings. The first-order valence-electron chi connectivity index (χ1n) is 5.32. The van der Waals surface area contributed by atoms with Crippen LogP contribution in [-0.4, -0.2) is 12.6 Å². The Hall–Kier alpha value is -2.24. The van der Waals surface area contributed by atoms with E-state index < -0.39 is 12.1 Å². The molecule has 0 aliphatic heterocycles. The summed E-state index contributed by atoms with van der Waals surface area (Å²) >= 11 is 0. The molecule has 0 radical (unpaired) electrons. The Morgan fingerprint density at radius 2 is 2.00 bits per heavy atom. The summed E-state index contributed by atoms with van der Waals surface area (Å²) in [6.45, 7) is 0. The van der Waals surface area contributed by atoms with Crippen LogP contribution in [0.3, 0.4) is 0 Å². The molecule has 0 atom stereocenters. The quantitative estimate of drug-likeness (QED) is 0.797. The van der Waals surface area contributed by atoms with E-state index in [2.05, 4.69) is 4.74 Å². The lowest BCUT2D eigenvalue weighted by Crippen LogP contribution is -2.17. The van der Waals surface area contributed by atoms with E-state index in [4.69, 9.17) is 4.42 Å². The Labute approximate surface area is 106 Å². The summed E-state index contributed by atoms with van der Waals surface area (Å²) in [6, 6.07) is 5.48. The minimum atomic E-state index is -4.78. The summed E-state index contributed by atoms with van der Waals surface area (Å²) in [5.74, 6) is -0.407. The molecule has 0 saturated carbocycles. The lowest BCUT2D eigenvalue weighted by atomic mass is 10.0. The normalized spacial score (nSPS) is 11.3. The monoisotopic (exact) mass is 270 g/mol. The van der Waals surface area contributed by atoms with Crippen LogP contribution in [0.4, 0.5) is 13.2 Å². The van der Waals surface area contributed by atoms with Crippen molar-refractivity contribution in [2.75, 3.05) is 0 Å². The van der Waals surface area contributed by atoms with E-state index in [-0.39, 0.29) is 5.56 Å². The van der Waals surface area contributed by atoms with E-state index in [0.29, 0.717) is 18.3 Å². The topological polar surface area (TPSA) is 39.4 Å². The van der Waals surface area contributed by atoms with Gasteiger partial charge < -0.3 is 9.15 Å². The van der Waals surface area contributed by atoms with Gasteiger partial charge >= 0.3 is 6.36 Å². The summed E-state index contributed by atoms with van der Waals surface area (Å²) in [6.07, 6.45) is -1.01. The van der Waals surface area contributed by atoms with E-state index in [0.717, 1.165) is 11.6 Å². The minimum absolute atomic E-state index is 0.125. The maximum absolute atomic E-state index is 12.2. The van der Waals surface area contributed by atoms with Crippen molar-refractivity contribution in [2.24, 2.45) is 0 Å². The second-order valence-corrected chi connectivity index (χ2v) is 3.88. The number of halogens is 3. The van der Waals surface area contributed by atoms with Gasteiger partial charge in [-0.25, -0.2) is 0 Å². The van der Waals surface area contributed by atoms with Gasteiger partial charge in [0, 0.05) is 12.0 Å². The van der Waals surface area contributed by atoms with Crippen LogP contribution in [0.1, 0.15) is 21.5 Å². The fourth-order valence-corrected chi connectivity index (χ4v) is 1.68. The first-order valence-corrected chi connectivity index (χ1v) is 5.32. The van der Waals surface area contributed by atoms with Crippen LogP contribution in [0.25, 0.3) is 0 Å². The number of benzene rings is 1. The van der Waals surface area contributed by atoms with Crippen molar-refractivity contribution in [3.05, 3.63) is 53.5 Å². The number of aldehydes is 1. The molecule has 0 spiro atoms. The molecule has 0 amide bonds. The largest absolute Gasteiger partial charge is 0.573 e. The first-order chi connectivity index (χ1) is 8.96. The number of alkyl halides is 3. The number of carbonyl (C=O) groups excluding carboxylic acids is 1. The Balaban J connectivity index is 2.28. The minimum Gasteiger partial charge on any atom is -0.472 e.